The largest absolute Gasteiger partial charge is 0.330 e. The first kappa shape index (κ1) is 13.2. The van der Waals surface area contributed by atoms with Gasteiger partial charge in [0.15, 0.2) is 0 Å². The average molecular weight is 220 g/mol. The first-order chi connectivity index (χ1) is 7.67. The molecule has 2 N–H and O–H groups in total. The van der Waals surface area contributed by atoms with Crippen molar-refractivity contribution in [2.45, 2.75) is 32.7 Å². The topological polar surface area (TPSA) is 29.3 Å². The van der Waals surface area contributed by atoms with Gasteiger partial charge in [-0.1, -0.05) is 38.1 Å². The van der Waals surface area contributed by atoms with Crippen LogP contribution in [0.3, 0.4) is 0 Å². The molecule has 0 aliphatic carbocycles. The SMILES string of the molecule is CCCN(C)Cc1ccc(C(C)CN)cc1. The first-order valence-corrected chi connectivity index (χ1v) is 6.14. The van der Waals surface area contributed by atoms with E-state index in [0.717, 1.165) is 19.6 Å². The molecule has 1 rings (SSSR count). The number of nitrogens with zero attached hydrogens (tertiary/aromatic N) is 1. The lowest BCUT2D eigenvalue weighted by atomic mass is 10.00. The van der Waals surface area contributed by atoms with Gasteiger partial charge in [-0.15, -0.1) is 0 Å². The van der Waals surface area contributed by atoms with E-state index in [4.69, 9.17) is 5.73 Å². The van der Waals surface area contributed by atoms with Crippen LogP contribution in [-0.4, -0.2) is 25.0 Å². The third-order valence-corrected chi connectivity index (χ3v) is 2.96. The zero-order chi connectivity index (χ0) is 12.0. The Morgan fingerprint density at radius 2 is 1.88 bits per heavy atom. The maximum Gasteiger partial charge on any atom is 0.0230 e. The monoisotopic (exact) mass is 220 g/mol. The quantitative estimate of drug-likeness (QED) is 0.798. The van der Waals surface area contributed by atoms with Gasteiger partial charge in [0.05, 0.1) is 0 Å². The summed E-state index contributed by atoms with van der Waals surface area (Å²) < 4.78 is 0. The van der Waals surface area contributed by atoms with Gasteiger partial charge in [-0.2, -0.15) is 0 Å². The van der Waals surface area contributed by atoms with Crippen molar-refractivity contribution >= 4 is 0 Å². The Labute approximate surface area is 99.5 Å². The van der Waals surface area contributed by atoms with Crippen LogP contribution in [0.1, 0.15) is 37.3 Å². The standard InChI is InChI=1S/C14H24N2/c1-4-9-16(3)11-13-5-7-14(8-6-13)12(2)10-15/h5-8,12H,4,9-11,15H2,1-3H3. The van der Waals surface area contributed by atoms with Crippen LogP contribution in [0.25, 0.3) is 0 Å². The fraction of sp³-hybridized carbons (Fsp3) is 0.571. The maximum atomic E-state index is 5.65. The van der Waals surface area contributed by atoms with Crippen LogP contribution >= 0.6 is 0 Å². The van der Waals surface area contributed by atoms with Crippen molar-refractivity contribution in [1.29, 1.82) is 0 Å². The second-order valence-electron chi connectivity index (χ2n) is 4.62. The van der Waals surface area contributed by atoms with E-state index in [1.165, 1.54) is 17.5 Å². The van der Waals surface area contributed by atoms with E-state index >= 15 is 0 Å². The Morgan fingerprint density at radius 3 is 2.38 bits per heavy atom. The smallest absolute Gasteiger partial charge is 0.0230 e. The zero-order valence-electron chi connectivity index (χ0n) is 10.7. The molecule has 0 amide bonds. The first-order valence-electron chi connectivity index (χ1n) is 6.14. The minimum absolute atomic E-state index is 0.461. The fourth-order valence-electron chi connectivity index (χ4n) is 1.86. The molecule has 0 spiro atoms. The Bertz CT molecular complexity index is 292. The van der Waals surface area contributed by atoms with Crippen molar-refractivity contribution < 1.29 is 0 Å². The molecule has 0 fully saturated rings. The summed E-state index contributed by atoms with van der Waals surface area (Å²) in [5.41, 5.74) is 8.37. The van der Waals surface area contributed by atoms with Crippen molar-refractivity contribution in [3.8, 4) is 0 Å². The highest BCUT2D eigenvalue weighted by Crippen LogP contribution is 2.15. The van der Waals surface area contributed by atoms with Crippen LogP contribution in [-0.2, 0) is 6.54 Å². The highest BCUT2D eigenvalue weighted by molar-refractivity contribution is 5.25. The third kappa shape index (κ3) is 3.95. The summed E-state index contributed by atoms with van der Waals surface area (Å²) in [5, 5.41) is 0. The van der Waals surface area contributed by atoms with Crippen molar-refractivity contribution in [2.75, 3.05) is 20.1 Å². The van der Waals surface area contributed by atoms with Crippen molar-refractivity contribution in [1.82, 2.24) is 4.90 Å². The van der Waals surface area contributed by atoms with E-state index in [1.54, 1.807) is 0 Å². The highest BCUT2D eigenvalue weighted by Gasteiger charge is 2.03. The van der Waals surface area contributed by atoms with E-state index in [9.17, 15) is 0 Å². The van der Waals surface area contributed by atoms with E-state index in [-0.39, 0.29) is 0 Å². The summed E-state index contributed by atoms with van der Waals surface area (Å²) in [6.45, 7) is 7.28. The predicted octanol–water partition coefficient (Wildman–Crippen LogP) is 2.59. The number of nitrogens with two attached hydrogens (primary N) is 1. The molecule has 1 aromatic rings. The molecule has 2 nitrogen and oxygen atoms in total. The lowest BCUT2D eigenvalue weighted by Gasteiger charge is -2.16. The number of hydrogen-bond acceptors (Lipinski definition) is 2. The summed E-state index contributed by atoms with van der Waals surface area (Å²) in [6.07, 6.45) is 1.21. The molecule has 90 valence electrons. The summed E-state index contributed by atoms with van der Waals surface area (Å²) in [4.78, 5) is 2.35. The lowest BCUT2D eigenvalue weighted by Crippen LogP contribution is -2.18. The predicted molar refractivity (Wildman–Crippen MR) is 70.5 cm³/mol. The molecule has 0 radical (unpaired) electrons. The van der Waals surface area contributed by atoms with Crippen LogP contribution in [0.15, 0.2) is 24.3 Å². The fourth-order valence-corrected chi connectivity index (χ4v) is 1.86. The van der Waals surface area contributed by atoms with Gasteiger partial charge in [0.1, 0.15) is 0 Å². The zero-order valence-corrected chi connectivity index (χ0v) is 10.7. The molecule has 1 aromatic carbocycles. The van der Waals surface area contributed by atoms with Gasteiger partial charge in [0.25, 0.3) is 0 Å². The summed E-state index contributed by atoms with van der Waals surface area (Å²) >= 11 is 0. The second kappa shape index (κ2) is 6.66. The van der Waals surface area contributed by atoms with Crippen molar-refractivity contribution in [3.05, 3.63) is 35.4 Å². The van der Waals surface area contributed by atoms with Gasteiger partial charge in [-0.3, -0.25) is 0 Å². The maximum absolute atomic E-state index is 5.65. The van der Waals surface area contributed by atoms with Crippen molar-refractivity contribution in [3.63, 3.8) is 0 Å². The third-order valence-electron chi connectivity index (χ3n) is 2.96. The second-order valence-corrected chi connectivity index (χ2v) is 4.62. The van der Waals surface area contributed by atoms with Gasteiger partial charge in [0.2, 0.25) is 0 Å². The summed E-state index contributed by atoms with van der Waals surface area (Å²) in [6, 6.07) is 8.83. The van der Waals surface area contributed by atoms with Gasteiger partial charge < -0.3 is 10.6 Å². The molecule has 1 atom stereocenters. The van der Waals surface area contributed by atoms with Gasteiger partial charge in [-0.05, 0) is 43.6 Å². The Hall–Kier alpha value is -0.860. The summed E-state index contributed by atoms with van der Waals surface area (Å²) in [5.74, 6) is 0.461. The molecular weight excluding hydrogens is 196 g/mol. The number of rotatable bonds is 6. The molecular formula is C14H24N2. The molecule has 0 aromatic heterocycles. The lowest BCUT2D eigenvalue weighted by molar-refractivity contribution is 0.327. The van der Waals surface area contributed by atoms with E-state index in [1.807, 2.05) is 0 Å². The average Bonchev–Trinajstić information content (AvgIpc) is 2.29. The molecule has 0 aliphatic rings. The normalized spacial score (nSPS) is 13.1. The minimum atomic E-state index is 0.461. The summed E-state index contributed by atoms with van der Waals surface area (Å²) in [7, 11) is 2.17. The molecule has 2 heteroatoms. The van der Waals surface area contributed by atoms with Gasteiger partial charge in [-0.25, -0.2) is 0 Å². The van der Waals surface area contributed by atoms with E-state index < -0.39 is 0 Å². The van der Waals surface area contributed by atoms with Crippen LogP contribution in [0, 0.1) is 0 Å². The molecule has 1 unspecified atom stereocenters. The van der Waals surface area contributed by atoms with Crippen LogP contribution in [0.4, 0.5) is 0 Å². The molecule has 16 heavy (non-hydrogen) atoms. The van der Waals surface area contributed by atoms with Crippen LogP contribution in [0.5, 0.6) is 0 Å². The van der Waals surface area contributed by atoms with Crippen molar-refractivity contribution in [2.24, 2.45) is 5.73 Å². The van der Waals surface area contributed by atoms with Gasteiger partial charge >= 0.3 is 0 Å². The Morgan fingerprint density at radius 1 is 1.25 bits per heavy atom. The number of hydrogen-bond donors (Lipinski definition) is 1. The Kier molecular flexibility index (Phi) is 5.50. The minimum Gasteiger partial charge on any atom is -0.330 e. The highest BCUT2D eigenvalue weighted by atomic mass is 15.1. The van der Waals surface area contributed by atoms with Crippen LogP contribution < -0.4 is 5.73 Å². The molecule has 0 saturated carbocycles. The van der Waals surface area contributed by atoms with E-state index in [2.05, 4.69) is 50.1 Å². The molecule has 0 heterocycles. The molecule has 0 saturated heterocycles. The molecule has 0 bridgehead atoms. The Balaban J connectivity index is 2.57. The number of benzene rings is 1. The van der Waals surface area contributed by atoms with E-state index in [0.29, 0.717) is 5.92 Å². The molecule has 0 aliphatic heterocycles. The van der Waals surface area contributed by atoms with Crippen LogP contribution in [0.2, 0.25) is 0 Å². The van der Waals surface area contributed by atoms with Gasteiger partial charge in [0, 0.05) is 6.54 Å².